The number of carbonyl (C=O) groups excluding carboxylic acids is 1. The Morgan fingerprint density at radius 1 is 1.36 bits per heavy atom. The molecule has 4 rings (SSSR count). The third kappa shape index (κ3) is 3.06. The van der Waals surface area contributed by atoms with Crippen molar-refractivity contribution in [1.29, 1.82) is 0 Å². The topological polar surface area (TPSA) is 80.3 Å². The zero-order valence-electron chi connectivity index (χ0n) is 15.0. The Kier molecular flexibility index (Phi) is 4.07. The minimum Gasteiger partial charge on any atom is -0.339 e. The standard InChI is InChI=1S/C17H24N6O2/c1-11-7-12(2)23(19-11)10-15(24)22-8-13(9-22)16-18-17(25-20-16)14-5-4-6-21(14)3/h7,13-14H,4-6,8-10H2,1-3H3. The van der Waals surface area contributed by atoms with Crippen LogP contribution < -0.4 is 0 Å². The van der Waals surface area contributed by atoms with Gasteiger partial charge < -0.3 is 9.42 Å². The van der Waals surface area contributed by atoms with E-state index in [1.807, 2.05) is 24.8 Å². The van der Waals surface area contributed by atoms with Crippen LogP contribution in [0.3, 0.4) is 0 Å². The number of amides is 1. The SMILES string of the molecule is Cc1cc(C)n(CC(=O)N2CC(c3noc(C4CCCN4C)n3)C2)n1. The Hall–Kier alpha value is -2.22. The van der Waals surface area contributed by atoms with Gasteiger partial charge in [-0.15, -0.1) is 0 Å². The molecule has 8 nitrogen and oxygen atoms in total. The van der Waals surface area contributed by atoms with Crippen LogP contribution in [0.15, 0.2) is 10.6 Å². The van der Waals surface area contributed by atoms with Crippen molar-refractivity contribution in [2.75, 3.05) is 26.7 Å². The number of hydrogen-bond donors (Lipinski definition) is 0. The highest BCUT2D eigenvalue weighted by atomic mass is 16.5. The van der Waals surface area contributed by atoms with E-state index in [9.17, 15) is 4.79 Å². The van der Waals surface area contributed by atoms with Crippen molar-refractivity contribution in [1.82, 2.24) is 29.7 Å². The van der Waals surface area contributed by atoms with Crippen molar-refractivity contribution < 1.29 is 9.32 Å². The van der Waals surface area contributed by atoms with Gasteiger partial charge in [-0.1, -0.05) is 5.16 Å². The van der Waals surface area contributed by atoms with Gasteiger partial charge in [0.15, 0.2) is 5.82 Å². The molecule has 2 aliphatic heterocycles. The molecular weight excluding hydrogens is 320 g/mol. The maximum absolute atomic E-state index is 12.4. The minimum atomic E-state index is 0.0849. The molecule has 0 bridgehead atoms. The summed E-state index contributed by atoms with van der Waals surface area (Å²) in [5.41, 5.74) is 1.94. The molecule has 2 aromatic heterocycles. The fourth-order valence-electron chi connectivity index (χ4n) is 3.68. The maximum Gasteiger partial charge on any atom is 0.244 e. The molecule has 1 unspecified atom stereocenters. The summed E-state index contributed by atoms with van der Waals surface area (Å²) in [7, 11) is 2.09. The molecule has 1 atom stereocenters. The highest BCUT2D eigenvalue weighted by Gasteiger charge is 2.36. The van der Waals surface area contributed by atoms with Gasteiger partial charge in [0.05, 0.1) is 17.7 Å². The number of aryl methyl sites for hydroxylation is 2. The Morgan fingerprint density at radius 2 is 2.16 bits per heavy atom. The second-order valence-corrected chi connectivity index (χ2v) is 7.21. The summed E-state index contributed by atoms with van der Waals surface area (Å²) in [6.45, 7) is 6.56. The Balaban J connectivity index is 1.33. The molecule has 8 heteroatoms. The van der Waals surface area contributed by atoms with E-state index < -0.39 is 0 Å². The van der Waals surface area contributed by atoms with Crippen LogP contribution in [0.25, 0.3) is 0 Å². The summed E-state index contributed by atoms with van der Waals surface area (Å²) in [5, 5.41) is 8.49. The van der Waals surface area contributed by atoms with E-state index in [1.165, 1.54) is 0 Å². The smallest absolute Gasteiger partial charge is 0.244 e. The molecule has 2 aromatic rings. The third-order valence-corrected chi connectivity index (χ3v) is 5.25. The molecule has 0 saturated carbocycles. The summed E-state index contributed by atoms with van der Waals surface area (Å²) in [5.74, 6) is 1.70. The number of likely N-dealkylation sites (tertiary alicyclic amines) is 2. The highest BCUT2D eigenvalue weighted by Crippen LogP contribution is 2.31. The fourth-order valence-corrected chi connectivity index (χ4v) is 3.68. The number of aromatic nitrogens is 4. The molecule has 2 saturated heterocycles. The van der Waals surface area contributed by atoms with E-state index >= 15 is 0 Å². The van der Waals surface area contributed by atoms with Gasteiger partial charge in [0.25, 0.3) is 0 Å². The molecule has 25 heavy (non-hydrogen) atoms. The van der Waals surface area contributed by atoms with Gasteiger partial charge in [0, 0.05) is 18.8 Å². The van der Waals surface area contributed by atoms with Crippen LogP contribution in [-0.4, -0.2) is 62.3 Å². The first kappa shape index (κ1) is 16.3. The predicted molar refractivity (Wildman–Crippen MR) is 89.9 cm³/mol. The van der Waals surface area contributed by atoms with Gasteiger partial charge in [-0.3, -0.25) is 14.4 Å². The minimum absolute atomic E-state index is 0.0849. The largest absolute Gasteiger partial charge is 0.339 e. The van der Waals surface area contributed by atoms with Crippen LogP contribution in [0.5, 0.6) is 0 Å². The average molecular weight is 344 g/mol. The zero-order valence-corrected chi connectivity index (χ0v) is 15.0. The van der Waals surface area contributed by atoms with Crippen LogP contribution in [0.2, 0.25) is 0 Å². The van der Waals surface area contributed by atoms with Crippen LogP contribution in [0.1, 0.15) is 47.9 Å². The average Bonchev–Trinajstić information content (AvgIpc) is 3.19. The number of rotatable bonds is 4. The highest BCUT2D eigenvalue weighted by molar-refractivity contribution is 5.77. The Labute approximate surface area is 146 Å². The first-order valence-corrected chi connectivity index (χ1v) is 8.84. The van der Waals surface area contributed by atoms with Crippen molar-refractivity contribution in [2.24, 2.45) is 0 Å². The molecule has 0 N–H and O–H groups in total. The maximum atomic E-state index is 12.4. The third-order valence-electron chi connectivity index (χ3n) is 5.25. The molecule has 0 spiro atoms. The van der Waals surface area contributed by atoms with E-state index in [0.29, 0.717) is 19.0 Å². The van der Waals surface area contributed by atoms with Gasteiger partial charge in [0.2, 0.25) is 11.8 Å². The molecule has 4 heterocycles. The first-order valence-electron chi connectivity index (χ1n) is 8.84. The lowest BCUT2D eigenvalue weighted by molar-refractivity contribution is -0.136. The molecule has 0 aliphatic carbocycles. The van der Waals surface area contributed by atoms with Gasteiger partial charge in [-0.05, 0) is 46.3 Å². The number of carbonyl (C=O) groups is 1. The Morgan fingerprint density at radius 3 is 2.80 bits per heavy atom. The van der Waals surface area contributed by atoms with E-state index in [-0.39, 0.29) is 24.4 Å². The lowest BCUT2D eigenvalue weighted by Crippen LogP contribution is -2.50. The van der Waals surface area contributed by atoms with Crippen LogP contribution in [-0.2, 0) is 11.3 Å². The summed E-state index contributed by atoms with van der Waals surface area (Å²) < 4.78 is 7.22. The van der Waals surface area contributed by atoms with E-state index in [0.717, 1.165) is 36.6 Å². The van der Waals surface area contributed by atoms with E-state index in [4.69, 9.17) is 4.52 Å². The van der Waals surface area contributed by atoms with Gasteiger partial charge in [-0.25, -0.2) is 0 Å². The molecule has 1 amide bonds. The van der Waals surface area contributed by atoms with Crippen LogP contribution in [0, 0.1) is 13.8 Å². The van der Waals surface area contributed by atoms with Crippen LogP contribution in [0.4, 0.5) is 0 Å². The number of hydrogen-bond acceptors (Lipinski definition) is 6. The second kappa shape index (κ2) is 6.25. The quantitative estimate of drug-likeness (QED) is 0.831. The van der Waals surface area contributed by atoms with Crippen molar-refractivity contribution in [3.05, 3.63) is 29.2 Å². The molecule has 0 radical (unpaired) electrons. The van der Waals surface area contributed by atoms with Crippen LogP contribution >= 0.6 is 0 Å². The Bertz CT molecular complexity index is 776. The molecule has 0 aromatic carbocycles. The van der Waals surface area contributed by atoms with Crippen molar-refractivity contribution in [2.45, 2.75) is 45.2 Å². The molecule has 2 aliphatic rings. The lowest BCUT2D eigenvalue weighted by Gasteiger charge is -2.37. The van der Waals surface area contributed by atoms with Gasteiger partial charge in [0.1, 0.15) is 6.54 Å². The zero-order chi connectivity index (χ0) is 17.6. The second-order valence-electron chi connectivity index (χ2n) is 7.21. The van der Waals surface area contributed by atoms with Crippen molar-refractivity contribution in [3.63, 3.8) is 0 Å². The van der Waals surface area contributed by atoms with Crippen molar-refractivity contribution in [3.8, 4) is 0 Å². The van der Waals surface area contributed by atoms with E-state index in [2.05, 4.69) is 27.2 Å². The van der Waals surface area contributed by atoms with Gasteiger partial charge in [-0.2, -0.15) is 10.1 Å². The number of nitrogens with zero attached hydrogens (tertiary/aromatic N) is 6. The predicted octanol–water partition coefficient (Wildman–Crippen LogP) is 1.28. The molecular formula is C17H24N6O2. The first-order chi connectivity index (χ1) is 12.0. The molecule has 2 fully saturated rings. The normalized spacial score (nSPS) is 21.7. The summed E-state index contributed by atoms with van der Waals surface area (Å²) in [4.78, 5) is 21.1. The van der Waals surface area contributed by atoms with Crippen molar-refractivity contribution >= 4 is 5.91 Å². The fraction of sp³-hybridized carbons (Fsp3) is 0.647. The summed E-state index contributed by atoms with van der Waals surface area (Å²) in [6.07, 6.45) is 2.23. The monoisotopic (exact) mass is 344 g/mol. The lowest BCUT2D eigenvalue weighted by atomic mass is 9.99. The van der Waals surface area contributed by atoms with Gasteiger partial charge >= 0.3 is 0 Å². The van der Waals surface area contributed by atoms with E-state index in [1.54, 1.807) is 4.68 Å². The summed E-state index contributed by atoms with van der Waals surface area (Å²) in [6, 6.07) is 2.22. The molecule has 134 valence electrons. The summed E-state index contributed by atoms with van der Waals surface area (Å²) >= 11 is 0.